The maximum Gasteiger partial charge on any atom is 0.313 e. The van der Waals surface area contributed by atoms with Crippen LogP contribution in [0.2, 0.25) is 0 Å². The van der Waals surface area contributed by atoms with Crippen molar-refractivity contribution in [3.63, 3.8) is 0 Å². The predicted molar refractivity (Wildman–Crippen MR) is 84.0 cm³/mol. The molecule has 0 spiro atoms. The zero-order valence-electron chi connectivity index (χ0n) is 12.2. The number of primary amides is 1. The molecule has 0 saturated carbocycles. The van der Waals surface area contributed by atoms with E-state index < -0.39 is 23.8 Å². The number of carbonyl (C=O) groups is 3. The third-order valence-electron chi connectivity index (χ3n) is 3.76. The average Bonchev–Trinajstić information content (AvgIpc) is 2.67. The topological polar surface area (TPSA) is 92.5 Å². The second-order valence-electron chi connectivity index (χ2n) is 5.26. The van der Waals surface area contributed by atoms with E-state index in [2.05, 4.69) is 5.32 Å². The minimum absolute atomic E-state index is 0.121. The van der Waals surface area contributed by atoms with E-state index in [9.17, 15) is 14.4 Å². The van der Waals surface area contributed by atoms with Crippen molar-refractivity contribution in [1.29, 1.82) is 0 Å². The van der Waals surface area contributed by atoms with Gasteiger partial charge in [-0.25, -0.2) is 0 Å². The number of nitrogens with two attached hydrogens (primary N) is 1. The Labute approximate surface area is 132 Å². The van der Waals surface area contributed by atoms with Crippen LogP contribution < -0.4 is 11.1 Å². The van der Waals surface area contributed by atoms with Crippen LogP contribution in [0.4, 0.5) is 5.69 Å². The SMILES string of the molecule is NC(=O)[C@@H](c1ccccc1)N1Cc2ccccc2NC(=O)C1=O. The molecule has 1 aliphatic rings. The normalized spacial score (nSPS) is 15.4. The summed E-state index contributed by atoms with van der Waals surface area (Å²) in [4.78, 5) is 37.7. The highest BCUT2D eigenvalue weighted by Gasteiger charge is 2.35. The third-order valence-corrected chi connectivity index (χ3v) is 3.76. The number of nitrogens with one attached hydrogen (secondary N) is 1. The molecular formula is C17H15N3O3. The molecule has 1 atom stereocenters. The van der Waals surface area contributed by atoms with Crippen molar-refractivity contribution in [1.82, 2.24) is 4.90 Å². The average molecular weight is 309 g/mol. The first-order valence-corrected chi connectivity index (χ1v) is 7.12. The molecule has 6 nitrogen and oxygen atoms in total. The number of benzene rings is 2. The van der Waals surface area contributed by atoms with Gasteiger partial charge in [-0.3, -0.25) is 14.4 Å². The maximum atomic E-state index is 12.4. The van der Waals surface area contributed by atoms with Crippen LogP contribution in [-0.4, -0.2) is 22.6 Å². The summed E-state index contributed by atoms with van der Waals surface area (Å²) in [7, 11) is 0. The quantitative estimate of drug-likeness (QED) is 0.834. The van der Waals surface area contributed by atoms with Crippen molar-refractivity contribution < 1.29 is 14.4 Å². The van der Waals surface area contributed by atoms with Gasteiger partial charge in [0.1, 0.15) is 6.04 Å². The molecule has 1 aliphatic heterocycles. The van der Waals surface area contributed by atoms with Gasteiger partial charge in [0.25, 0.3) is 0 Å². The molecule has 2 aromatic carbocycles. The van der Waals surface area contributed by atoms with Crippen molar-refractivity contribution in [2.24, 2.45) is 5.73 Å². The van der Waals surface area contributed by atoms with Crippen molar-refractivity contribution >= 4 is 23.4 Å². The number of rotatable bonds is 3. The number of anilines is 1. The first-order chi connectivity index (χ1) is 11.1. The largest absolute Gasteiger partial charge is 0.368 e. The molecule has 116 valence electrons. The zero-order valence-corrected chi connectivity index (χ0v) is 12.2. The summed E-state index contributed by atoms with van der Waals surface area (Å²) in [6.07, 6.45) is 0. The molecular weight excluding hydrogens is 294 g/mol. The fourth-order valence-corrected chi connectivity index (χ4v) is 2.68. The van der Waals surface area contributed by atoms with Crippen LogP contribution in [0.1, 0.15) is 17.2 Å². The number of hydrogen-bond donors (Lipinski definition) is 2. The first-order valence-electron chi connectivity index (χ1n) is 7.12. The van der Waals surface area contributed by atoms with Crippen LogP contribution >= 0.6 is 0 Å². The van der Waals surface area contributed by atoms with Crippen LogP contribution in [0.25, 0.3) is 0 Å². The van der Waals surface area contributed by atoms with Gasteiger partial charge in [0, 0.05) is 12.2 Å². The van der Waals surface area contributed by atoms with Gasteiger partial charge in [0.15, 0.2) is 0 Å². The maximum absolute atomic E-state index is 12.4. The Bertz CT molecular complexity index is 774. The Hall–Kier alpha value is -3.15. The zero-order chi connectivity index (χ0) is 16.4. The van der Waals surface area contributed by atoms with Crippen molar-refractivity contribution in [3.05, 3.63) is 65.7 Å². The van der Waals surface area contributed by atoms with Crippen LogP contribution in [0, 0.1) is 0 Å². The summed E-state index contributed by atoms with van der Waals surface area (Å²) in [5, 5.41) is 2.57. The van der Waals surface area contributed by atoms with Crippen molar-refractivity contribution in [3.8, 4) is 0 Å². The van der Waals surface area contributed by atoms with Crippen molar-refractivity contribution in [2.45, 2.75) is 12.6 Å². The lowest BCUT2D eigenvalue weighted by Crippen LogP contribution is -2.44. The highest BCUT2D eigenvalue weighted by molar-refractivity contribution is 6.40. The summed E-state index contributed by atoms with van der Waals surface area (Å²) >= 11 is 0. The molecule has 0 unspecified atom stereocenters. The molecule has 0 aliphatic carbocycles. The van der Waals surface area contributed by atoms with Gasteiger partial charge < -0.3 is 16.0 Å². The van der Waals surface area contributed by atoms with E-state index in [4.69, 9.17) is 5.73 Å². The summed E-state index contributed by atoms with van der Waals surface area (Å²) in [5.41, 5.74) is 7.39. The Morgan fingerprint density at radius 2 is 1.70 bits per heavy atom. The van der Waals surface area contributed by atoms with E-state index in [1.807, 2.05) is 0 Å². The van der Waals surface area contributed by atoms with Gasteiger partial charge >= 0.3 is 11.8 Å². The number of hydrogen-bond acceptors (Lipinski definition) is 3. The van der Waals surface area contributed by atoms with Gasteiger partial charge in [-0.1, -0.05) is 48.5 Å². The lowest BCUT2D eigenvalue weighted by atomic mass is 10.0. The Morgan fingerprint density at radius 3 is 2.39 bits per heavy atom. The van der Waals surface area contributed by atoms with Gasteiger partial charge in [-0.15, -0.1) is 0 Å². The molecule has 3 amide bonds. The van der Waals surface area contributed by atoms with E-state index in [1.165, 1.54) is 4.90 Å². The molecule has 0 saturated heterocycles. The predicted octanol–water partition coefficient (Wildman–Crippen LogP) is 1.19. The van der Waals surface area contributed by atoms with Gasteiger partial charge in [-0.2, -0.15) is 0 Å². The molecule has 3 rings (SSSR count). The number of nitrogens with zero attached hydrogens (tertiary/aromatic N) is 1. The molecule has 6 heteroatoms. The molecule has 1 heterocycles. The highest BCUT2D eigenvalue weighted by Crippen LogP contribution is 2.28. The first kappa shape index (κ1) is 14.8. The van der Waals surface area contributed by atoms with Crippen LogP contribution in [0.15, 0.2) is 54.6 Å². The number of carbonyl (C=O) groups excluding carboxylic acids is 3. The molecule has 0 fully saturated rings. The van der Waals surface area contributed by atoms with E-state index in [1.54, 1.807) is 54.6 Å². The smallest absolute Gasteiger partial charge is 0.313 e. The summed E-state index contributed by atoms with van der Waals surface area (Å²) < 4.78 is 0. The Balaban J connectivity index is 2.06. The van der Waals surface area contributed by atoms with E-state index >= 15 is 0 Å². The van der Waals surface area contributed by atoms with Gasteiger partial charge in [0.05, 0.1) is 0 Å². The minimum Gasteiger partial charge on any atom is -0.368 e. The molecule has 23 heavy (non-hydrogen) atoms. The Kier molecular flexibility index (Phi) is 3.80. The molecule has 0 aromatic heterocycles. The third kappa shape index (κ3) is 2.78. The Morgan fingerprint density at radius 1 is 1.04 bits per heavy atom. The standard InChI is InChI=1S/C17H15N3O3/c18-15(21)14(11-6-2-1-3-7-11)20-10-12-8-4-5-9-13(12)19-16(22)17(20)23/h1-9,14H,10H2,(H2,18,21)(H,19,22)/t14-/m1/s1. The number of fused-ring (bicyclic) bond motifs is 1. The van der Waals surface area contributed by atoms with Crippen molar-refractivity contribution in [2.75, 3.05) is 5.32 Å². The molecule has 0 radical (unpaired) electrons. The van der Waals surface area contributed by atoms with Gasteiger partial charge in [-0.05, 0) is 17.2 Å². The second-order valence-corrected chi connectivity index (χ2v) is 5.26. The molecule has 0 bridgehead atoms. The second kappa shape index (κ2) is 5.92. The van der Waals surface area contributed by atoms with E-state index in [0.29, 0.717) is 11.3 Å². The summed E-state index contributed by atoms with van der Waals surface area (Å²) in [5.74, 6) is -2.25. The van der Waals surface area contributed by atoms with Crippen LogP contribution in [0.5, 0.6) is 0 Å². The van der Waals surface area contributed by atoms with E-state index in [0.717, 1.165) is 5.56 Å². The van der Waals surface area contributed by atoms with Crippen LogP contribution in [0.3, 0.4) is 0 Å². The van der Waals surface area contributed by atoms with Gasteiger partial charge in [0.2, 0.25) is 5.91 Å². The minimum atomic E-state index is -0.999. The number of para-hydroxylation sites is 1. The number of amides is 3. The highest BCUT2D eigenvalue weighted by atomic mass is 16.2. The lowest BCUT2D eigenvalue weighted by molar-refractivity contribution is -0.147. The molecule has 3 N–H and O–H groups in total. The fraction of sp³-hybridized carbons (Fsp3) is 0.118. The molecule has 2 aromatic rings. The van der Waals surface area contributed by atoms with E-state index in [-0.39, 0.29) is 6.54 Å². The fourth-order valence-electron chi connectivity index (χ4n) is 2.68. The summed E-state index contributed by atoms with van der Waals surface area (Å²) in [6.45, 7) is 0.121. The van der Waals surface area contributed by atoms with Crippen LogP contribution in [-0.2, 0) is 20.9 Å². The monoisotopic (exact) mass is 309 g/mol. The lowest BCUT2D eigenvalue weighted by Gasteiger charge is -2.28. The summed E-state index contributed by atoms with van der Waals surface area (Å²) in [6, 6.07) is 14.8.